The summed E-state index contributed by atoms with van der Waals surface area (Å²) in [6.45, 7) is 4.22. The molecule has 0 fully saturated rings. The molecule has 176 valence electrons. The summed E-state index contributed by atoms with van der Waals surface area (Å²) in [7, 11) is -3.68. The highest BCUT2D eigenvalue weighted by Crippen LogP contribution is 2.30. The maximum absolute atomic E-state index is 12.5. The predicted molar refractivity (Wildman–Crippen MR) is 133 cm³/mol. The van der Waals surface area contributed by atoms with Crippen molar-refractivity contribution in [2.45, 2.75) is 13.8 Å². The minimum absolute atomic E-state index is 0.0226. The summed E-state index contributed by atoms with van der Waals surface area (Å²) in [6.07, 6.45) is 1.50. The van der Waals surface area contributed by atoms with Gasteiger partial charge in [-0.1, -0.05) is 37.3 Å². The summed E-state index contributed by atoms with van der Waals surface area (Å²) in [4.78, 5) is 17.5. The van der Waals surface area contributed by atoms with Crippen LogP contribution in [0.5, 0.6) is 11.5 Å². The highest BCUT2D eigenvalue weighted by atomic mass is 32.2. The molecule has 0 aliphatic carbocycles. The number of fused-ring (bicyclic) bond motifs is 1. The Morgan fingerprint density at radius 1 is 1.09 bits per heavy atom. The quantitative estimate of drug-likeness (QED) is 0.352. The summed E-state index contributed by atoms with van der Waals surface area (Å²) in [6, 6.07) is 14.7. The lowest BCUT2D eigenvalue weighted by atomic mass is 10.1. The van der Waals surface area contributed by atoms with Gasteiger partial charge in [0.05, 0.1) is 23.3 Å². The van der Waals surface area contributed by atoms with Crippen LogP contribution in [-0.2, 0) is 14.6 Å². The molecule has 1 amide bonds. The van der Waals surface area contributed by atoms with E-state index in [1.54, 1.807) is 24.3 Å². The van der Waals surface area contributed by atoms with Crippen LogP contribution in [0.15, 0.2) is 63.5 Å². The van der Waals surface area contributed by atoms with E-state index < -0.39 is 15.7 Å². The van der Waals surface area contributed by atoms with E-state index in [4.69, 9.17) is 14.9 Å². The highest BCUT2D eigenvalue weighted by Gasteiger charge is 2.42. The number of carbonyl (C=O) groups excluding carboxylic acids is 1. The second-order valence-electron chi connectivity index (χ2n) is 7.34. The van der Waals surface area contributed by atoms with E-state index >= 15 is 0 Å². The lowest BCUT2D eigenvalue weighted by Crippen LogP contribution is -2.45. The molecule has 0 bridgehead atoms. The summed E-state index contributed by atoms with van der Waals surface area (Å²) in [5, 5.41) is 8.22. The number of hydrogen-bond acceptors (Lipinski definition) is 8. The number of nitrogens with zero attached hydrogens (tertiary/aromatic N) is 3. The molecule has 11 heteroatoms. The molecule has 0 radical (unpaired) electrons. The number of aliphatic imine (C=N–C) groups is 1. The molecule has 2 heterocycles. The number of aryl methyl sites for hydroxylation is 1. The third-order valence-corrected chi connectivity index (χ3v) is 7.45. The van der Waals surface area contributed by atoms with Crippen molar-refractivity contribution in [3.63, 3.8) is 0 Å². The monoisotopic (exact) mass is 498 g/mol. The Hall–Kier alpha value is -3.44. The van der Waals surface area contributed by atoms with E-state index in [0.717, 1.165) is 28.2 Å². The molecular weight excluding hydrogens is 476 g/mol. The van der Waals surface area contributed by atoms with Gasteiger partial charge in [0.1, 0.15) is 30.5 Å². The van der Waals surface area contributed by atoms with Crippen LogP contribution in [0, 0.1) is 12.3 Å². The minimum atomic E-state index is -3.68. The number of sulfone groups is 1. The molecule has 2 aliphatic heterocycles. The van der Waals surface area contributed by atoms with Gasteiger partial charge in [0, 0.05) is 0 Å². The van der Waals surface area contributed by atoms with Crippen molar-refractivity contribution in [3.8, 4) is 11.5 Å². The Bertz CT molecular complexity index is 1330. The van der Waals surface area contributed by atoms with E-state index in [1.165, 1.54) is 13.0 Å². The largest absolute Gasteiger partial charge is 0.490 e. The van der Waals surface area contributed by atoms with Gasteiger partial charge < -0.3 is 9.47 Å². The third kappa shape index (κ3) is 4.90. The zero-order valence-electron chi connectivity index (χ0n) is 18.5. The summed E-state index contributed by atoms with van der Waals surface area (Å²) >= 11 is 0.772. The molecule has 2 aromatic carbocycles. The Kier molecular flexibility index (Phi) is 6.85. The zero-order chi connectivity index (χ0) is 24.3. The average Bonchev–Trinajstić information content (AvgIpc) is 3.26. The molecular formula is C23H22N4O5S2. The number of para-hydroxylation sites is 1. The van der Waals surface area contributed by atoms with Crippen LogP contribution >= 0.6 is 11.9 Å². The smallest absolute Gasteiger partial charge is 0.283 e. The van der Waals surface area contributed by atoms with Crippen molar-refractivity contribution in [3.05, 3.63) is 65.2 Å². The van der Waals surface area contributed by atoms with Crippen LogP contribution in [0.25, 0.3) is 6.08 Å². The van der Waals surface area contributed by atoms with Gasteiger partial charge in [-0.2, -0.15) is 9.39 Å². The Balaban J connectivity index is 1.42. The molecule has 9 nitrogen and oxygen atoms in total. The maximum atomic E-state index is 12.5. The molecule has 0 unspecified atom stereocenters. The maximum Gasteiger partial charge on any atom is 0.283 e. The topological polar surface area (TPSA) is 121 Å². The molecule has 1 N–H and O–H groups in total. The van der Waals surface area contributed by atoms with E-state index in [0.29, 0.717) is 24.5 Å². The number of rotatable bonds is 7. The number of nitrogens with one attached hydrogen (secondary N) is 1. The van der Waals surface area contributed by atoms with Gasteiger partial charge in [0.25, 0.3) is 5.91 Å². The molecule has 0 atom stereocenters. The first-order valence-corrected chi connectivity index (χ1v) is 12.9. The summed E-state index contributed by atoms with van der Waals surface area (Å²) in [5.74, 6) is 0.371. The van der Waals surface area contributed by atoms with Crippen molar-refractivity contribution in [1.82, 2.24) is 4.90 Å². The Labute approximate surface area is 201 Å². The highest BCUT2D eigenvalue weighted by molar-refractivity contribution is 8.16. The third-order valence-electron chi connectivity index (χ3n) is 5.05. The molecule has 0 saturated heterocycles. The lowest BCUT2D eigenvalue weighted by molar-refractivity contribution is -0.114. The second-order valence-corrected chi connectivity index (χ2v) is 10.2. The lowest BCUT2D eigenvalue weighted by Gasteiger charge is -2.24. The van der Waals surface area contributed by atoms with Gasteiger partial charge in [-0.25, -0.2) is 13.3 Å². The van der Waals surface area contributed by atoms with Gasteiger partial charge in [0.15, 0.2) is 0 Å². The average molecular weight is 499 g/mol. The molecule has 0 spiro atoms. The van der Waals surface area contributed by atoms with Gasteiger partial charge in [-0.05, 0) is 42.3 Å². The number of hydrogen-bond donors (Lipinski definition) is 1. The van der Waals surface area contributed by atoms with E-state index in [1.807, 2.05) is 31.2 Å². The standard InChI is InChI=1S/C23H22N4O5S2/c1-3-34(29,30)23-26-33-22-25-21(28)18(20(24)27(22)23)14-16-8-10-17(11-9-16)31-12-13-32-19-7-5-4-6-15(19)2/h4-11,14,24H,3,12-13H2,1-2H3/b18-14-,24-20?. The predicted octanol–water partition coefficient (Wildman–Crippen LogP) is 3.46. The summed E-state index contributed by atoms with van der Waals surface area (Å²) < 4.78 is 40.0. The SMILES string of the molecule is CCS(=O)(=O)C1=NSC2=NC(=O)/C(=C\c3ccc(OCCOc4ccccc4C)cc3)C(=N)N21. The fraction of sp³-hybridized carbons (Fsp3) is 0.217. The van der Waals surface area contributed by atoms with Crippen LogP contribution < -0.4 is 9.47 Å². The normalized spacial score (nSPS) is 16.9. The summed E-state index contributed by atoms with van der Waals surface area (Å²) in [5.41, 5.74) is 1.67. The number of ether oxygens (including phenoxy) is 2. The van der Waals surface area contributed by atoms with Gasteiger partial charge in [-0.15, -0.1) is 0 Å². The zero-order valence-corrected chi connectivity index (χ0v) is 20.1. The fourth-order valence-corrected chi connectivity index (χ4v) is 5.15. The van der Waals surface area contributed by atoms with Crippen molar-refractivity contribution >= 4 is 49.9 Å². The number of amides is 1. The fourth-order valence-electron chi connectivity index (χ4n) is 3.19. The van der Waals surface area contributed by atoms with Gasteiger partial charge >= 0.3 is 0 Å². The van der Waals surface area contributed by atoms with Crippen LogP contribution in [0.3, 0.4) is 0 Å². The number of amidine groups is 3. The Morgan fingerprint density at radius 3 is 2.50 bits per heavy atom. The van der Waals surface area contributed by atoms with E-state index in [-0.39, 0.29) is 27.5 Å². The minimum Gasteiger partial charge on any atom is -0.490 e. The van der Waals surface area contributed by atoms with Crippen LogP contribution in [0.1, 0.15) is 18.1 Å². The van der Waals surface area contributed by atoms with E-state index in [9.17, 15) is 13.2 Å². The molecule has 0 aromatic heterocycles. The molecule has 34 heavy (non-hydrogen) atoms. The van der Waals surface area contributed by atoms with Gasteiger partial charge in [-0.3, -0.25) is 10.2 Å². The second kappa shape index (κ2) is 9.82. The first kappa shape index (κ1) is 23.7. The Morgan fingerprint density at radius 2 is 1.79 bits per heavy atom. The number of benzene rings is 2. The van der Waals surface area contributed by atoms with Crippen molar-refractivity contribution in [2.75, 3.05) is 19.0 Å². The first-order valence-electron chi connectivity index (χ1n) is 10.4. The van der Waals surface area contributed by atoms with Crippen molar-refractivity contribution < 1.29 is 22.7 Å². The first-order chi connectivity index (χ1) is 16.3. The molecule has 2 aliphatic rings. The van der Waals surface area contributed by atoms with Crippen LogP contribution in [0.4, 0.5) is 0 Å². The van der Waals surface area contributed by atoms with Crippen LogP contribution in [-0.4, -0.2) is 54.4 Å². The molecule has 2 aromatic rings. The molecule has 4 rings (SSSR count). The molecule has 0 saturated carbocycles. The van der Waals surface area contributed by atoms with Crippen molar-refractivity contribution in [2.24, 2.45) is 9.39 Å². The van der Waals surface area contributed by atoms with Gasteiger partial charge in [0.2, 0.25) is 20.2 Å². The van der Waals surface area contributed by atoms with Crippen molar-refractivity contribution in [1.29, 1.82) is 5.41 Å². The number of carbonyl (C=O) groups is 1. The van der Waals surface area contributed by atoms with Crippen LogP contribution in [0.2, 0.25) is 0 Å². The van der Waals surface area contributed by atoms with E-state index in [2.05, 4.69) is 9.39 Å².